The zero-order chi connectivity index (χ0) is 25.3. The van der Waals surface area contributed by atoms with Gasteiger partial charge in [0, 0.05) is 56.6 Å². The monoisotopic (exact) mass is 508 g/mol. The molecular formula is C24H36N4O4S2. The molecule has 2 aromatic heterocycles. The number of ether oxygens (including phenoxy) is 1. The maximum absolute atomic E-state index is 12.8. The zero-order valence-corrected chi connectivity index (χ0v) is 22.5. The van der Waals surface area contributed by atoms with E-state index in [9.17, 15) is 14.4 Å². The second-order valence-electron chi connectivity index (χ2n) is 8.92. The molecule has 34 heavy (non-hydrogen) atoms. The van der Waals surface area contributed by atoms with Crippen LogP contribution in [0.5, 0.6) is 0 Å². The first-order valence-electron chi connectivity index (χ1n) is 11.7. The number of nitrogens with one attached hydrogen (secondary N) is 1. The Balaban J connectivity index is 2.09. The molecule has 188 valence electrons. The molecule has 0 bridgehead atoms. The van der Waals surface area contributed by atoms with Crippen LogP contribution in [-0.2, 0) is 20.7 Å². The minimum absolute atomic E-state index is 0.0777. The molecule has 0 aliphatic carbocycles. The highest BCUT2D eigenvalue weighted by molar-refractivity contribution is 7.10. The van der Waals surface area contributed by atoms with E-state index < -0.39 is 12.1 Å². The smallest absolute Gasteiger partial charge is 0.303 e. The van der Waals surface area contributed by atoms with Crippen molar-refractivity contribution in [3.8, 4) is 0 Å². The maximum atomic E-state index is 12.8. The molecule has 0 saturated heterocycles. The summed E-state index contributed by atoms with van der Waals surface area (Å²) in [7, 11) is 1.81. The number of amides is 2. The Kier molecular flexibility index (Phi) is 11.1. The summed E-state index contributed by atoms with van der Waals surface area (Å²) < 4.78 is 5.60. The average Bonchev–Trinajstić information content (AvgIpc) is 3.47. The van der Waals surface area contributed by atoms with Crippen molar-refractivity contribution < 1.29 is 19.1 Å². The van der Waals surface area contributed by atoms with Gasteiger partial charge in [0.05, 0.1) is 11.2 Å². The van der Waals surface area contributed by atoms with E-state index >= 15 is 0 Å². The molecule has 2 heterocycles. The number of carbonyl (C=O) groups is 3. The number of hydrogen-bond donors (Lipinski definition) is 1. The Labute approximate surface area is 210 Å². The number of hydrogen-bond acceptors (Lipinski definition) is 8. The Bertz CT molecular complexity index is 929. The van der Waals surface area contributed by atoms with Crippen LogP contribution >= 0.6 is 22.7 Å². The van der Waals surface area contributed by atoms with E-state index in [1.165, 1.54) is 29.6 Å². The summed E-state index contributed by atoms with van der Waals surface area (Å²) in [5.41, 5.74) is 2.99. The van der Waals surface area contributed by atoms with Gasteiger partial charge in [-0.15, -0.1) is 22.7 Å². The first-order valence-corrected chi connectivity index (χ1v) is 13.5. The molecule has 10 heteroatoms. The van der Waals surface area contributed by atoms with Gasteiger partial charge in [-0.3, -0.25) is 14.4 Å². The van der Waals surface area contributed by atoms with Crippen molar-refractivity contribution >= 4 is 40.5 Å². The molecule has 2 rings (SSSR count). The van der Waals surface area contributed by atoms with Crippen LogP contribution in [0.25, 0.3) is 0 Å². The molecule has 2 amide bonds. The predicted octanol–water partition coefficient (Wildman–Crippen LogP) is 4.49. The van der Waals surface area contributed by atoms with Gasteiger partial charge in [-0.25, -0.2) is 9.97 Å². The van der Waals surface area contributed by atoms with Crippen LogP contribution in [0, 0.1) is 11.8 Å². The summed E-state index contributed by atoms with van der Waals surface area (Å²) in [6.07, 6.45) is 1.85. The Morgan fingerprint density at radius 1 is 1.21 bits per heavy atom. The predicted molar refractivity (Wildman–Crippen MR) is 135 cm³/mol. The van der Waals surface area contributed by atoms with Crippen LogP contribution in [-0.4, -0.2) is 52.3 Å². The molecule has 0 radical (unpaired) electrons. The van der Waals surface area contributed by atoms with Crippen LogP contribution in [0.1, 0.15) is 81.2 Å². The van der Waals surface area contributed by atoms with Gasteiger partial charge in [0.15, 0.2) is 6.10 Å². The molecule has 0 aliphatic rings. The number of aromatic nitrogens is 2. The zero-order valence-electron chi connectivity index (χ0n) is 20.9. The minimum atomic E-state index is -0.634. The van der Waals surface area contributed by atoms with Crippen molar-refractivity contribution in [2.75, 3.05) is 13.6 Å². The highest BCUT2D eigenvalue weighted by Gasteiger charge is 2.31. The molecule has 8 nitrogen and oxygen atoms in total. The summed E-state index contributed by atoms with van der Waals surface area (Å²) >= 11 is 2.80. The third-order valence-electron chi connectivity index (χ3n) is 5.82. The molecule has 1 N–H and O–H groups in total. The number of carbonyl (C=O) groups excluding carboxylic acids is 3. The number of nitrogens with zero attached hydrogens (tertiary/aromatic N) is 3. The van der Waals surface area contributed by atoms with E-state index in [2.05, 4.69) is 29.1 Å². The quantitative estimate of drug-likeness (QED) is 0.400. The van der Waals surface area contributed by atoms with E-state index in [1.807, 2.05) is 26.3 Å². The number of rotatable bonds is 13. The van der Waals surface area contributed by atoms with Gasteiger partial charge in [-0.1, -0.05) is 34.1 Å². The summed E-state index contributed by atoms with van der Waals surface area (Å²) in [5, 5.41) is 7.03. The minimum Gasteiger partial charge on any atom is -0.455 e. The first kappa shape index (κ1) is 27.9. The Morgan fingerprint density at radius 2 is 1.94 bits per heavy atom. The second-order valence-corrected chi connectivity index (χ2v) is 10.5. The summed E-state index contributed by atoms with van der Waals surface area (Å²) in [5.74, 6) is -0.167. The lowest BCUT2D eigenvalue weighted by Crippen LogP contribution is -2.42. The third-order valence-corrected chi connectivity index (χ3v) is 7.40. The molecule has 2 aromatic rings. The summed E-state index contributed by atoms with van der Waals surface area (Å²) in [6.45, 7) is 10.0. The van der Waals surface area contributed by atoms with Crippen LogP contribution in [0.3, 0.4) is 0 Å². The first-order chi connectivity index (χ1) is 16.1. The van der Waals surface area contributed by atoms with Crippen molar-refractivity contribution in [1.82, 2.24) is 20.2 Å². The van der Waals surface area contributed by atoms with Gasteiger partial charge in [-0.05, 0) is 11.8 Å². The standard InChI is InChI=1S/C24H36N4O4S2/c1-7-16(4)10-22(30)28(6)20(15(2)3)11-21(32-17(5)29)24-27-19(13-34-24)23(31)25-9-8-18-12-33-14-26-18/h12-16,20-21H,7-11H2,1-6H3,(H,25,31)/t16-,20+,21+/m0/s1. The van der Waals surface area contributed by atoms with E-state index in [4.69, 9.17) is 4.74 Å². The lowest BCUT2D eigenvalue weighted by Gasteiger charge is -2.34. The van der Waals surface area contributed by atoms with Gasteiger partial charge in [0.1, 0.15) is 10.7 Å². The van der Waals surface area contributed by atoms with Gasteiger partial charge >= 0.3 is 5.97 Å². The summed E-state index contributed by atoms with van der Waals surface area (Å²) in [4.78, 5) is 47.7. The van der Waals surface area contributed by atoms with Crippen LogP contribution in [0.4, 0.5) is 0 Å². The normalized spacial score (nSPS) is 13.9. The number of thiazole rings is 2. The topological polar surface area (TPSA) is 101 Å². The summed E-state index contributed by atoms with van der Waals surface area (Å²) in [6, 6.07) is -0.139. The highest BCUT2D eigenvalue weighted by Crippen LogP contribution is 2.30. The van der Waals surface area contributed by atoms with Crippen LogP contribution in [0.2, 0.25) is 0 Å². The van der Waals surface area contributed by atoms with E-state index in [1.54, 1.807) is 15.8 Å². The van der Waals surface area contributed by atoms with E-state index in [0.29, 0.717) is 36.7 Å². The van der Waals surface area contributed by atoms with Crippen molar-refractivity contribution in [1.29, 1.82) is 0 Å². The van der Waals surface area contributed by atoms with E-state index in [-0.39, 0.29) is 29.5 Å². The van der Waals surface area contributed by atoms with Gasteiger partial charge in [-0.2, -0.15) is 0 Å². The molecule has 3 atom stereocenters. The Morgan fingerprint density at radius 3 is 2.53 bits per heavy atom. The largest absolute Gasteiger partial charge is 0.455 e. The van der Waals surface area contributed by atoms with Crippen LogP contribution < -0.4 is 5.32 Å². The molecular weight excluding hydrogens is 472 g/mol. The Hall–Kier alpha value is -2.33. The fraction of sp³-hybridized carbons (Fsp3) is 0.625. The average molecular weight is 509 g/mol. The van der Waals surface area contributed by atoms with Crippen molar-refractivity contribution in [2.24, 2.45) is 11.8 Å². The molecule has 0 saturated carbocycles. The van der Waals surface area contributed by atoms with Gasteiger partial charge in [0.2, 0.25) is 5.91 Å². The fourth-order valence-corrected chi connectivity index (χ4v) is 5.00. The van der Waals surface area contributed by atoms with Crippen molar-refractivity contribution in [3.05, 3.63) is 32.7 Å². The van der Waals surface area contributed by atoms with E-state index in [0.717, 1.165) is 12.1 Å². The lowest BCUT2D eigenvalue weighted by atomic mass is 9.95. The van der Waals surface area contributed by atoms with Crippen LogP contribution in [0.15, 0.2) is 16.3 Å². The SMILES string of the molecule is CC[C@H](C)CC(=O)N(C)[C@H](C[C@@H](OC(C)=O)c1nc(C(=O)NCCc2cscn2)cs1)C(C)C. The van der Waals surface area contributed by atoms with Gasteiger partial charge < -0.3 is 15.0 Å². The number of esters is 1. The fourth-order valence-electron chi connectivity index (χ4n) is 3.56. The molecule has 0 aromatic carbocycles. The molecule has 0 fully saturated rings. The third kappa shape index (κ3) is 8.47. The maximum Gasteiger partial charge on any atom is 0.303 e. The molecule has 0 unspecified atom stereocenters. The lowest BCUT2D eigenvalue weighted by molar-refractivity contribution is -0.148. The molecule has 0 spiro atoms. The second kappa shape index (κ2) is 13.5. The van der Waals surface area contributed by atoms with Crippen molar-refractivity contribution in [3.63, 3.8) is 0 Å². The van der Waals surface area contributed by atoms with Crippen molar-refractivity contribution in [2.45, 2.75) is 72.4 Å². The molecule has 0 aliphatic heterocycles. The van der Waals surface area contributed by atoms with Gasteiger partial charge in [0.25, 0.3) is 5.91 Å². The highest BCUT2D eigenvalue weighted by atomic mass is 32.1.